The van der Waals surface area contributed by atoms with E-state index in [1.54, 1.807) is 11.8 Å². The van der Waals surface area contributed by atoms with Crippen LogP contribution in [0.25, 0.3) is 0 Å². The minimum absolute atomic E-state index is 0.203. The van der Waals surface area contributed by atoms with Gasteiger partial charge in [-0.2, -0.15) is 11.8 Å². The summed E-state index contributed by atoms with van der Waals surface area (Å²) in [6.07, 6.45) is 4.83. The lowest BCUT2D eigenvalue weighted by Gasteiger charge is -2.24. The van der Waals surface area contributed by atoms with Crippen LogP contribution in [0.1, 0.15) is 25.7 Å². The molecule has 1 aliphatic rings. The van der Waals surface area contributed by atoms with E-state index in [4.69, 9.17) is 9.47 Å². The molecule has 5 nitrogen and oxygen atoms in total. The van der Waals surface area contributed by atoms with Gasteiger partial charge >= 0.3 is 5.97 Å². The largest absolute Gasteiger partial charge is 0.467 e. The first-order chi connectivity index (χ1) is 8.69. The first-order valence-electron chi connectivity index (χ1n) is 6.17. The molecule has 1 N–H and O–H groups in total. The summed E-state index contributed by atoms with van der Waals surface area (Å²) in [4.78, 5) is 23.5. The highest BCUT2D eigenvalue weighted by Gasteiger charge is 2.27. The van der Waals surface area contributed by atoms with Gasteiger partial charge in [-0.05, 0) is 37.7 Å². The maximum Gasteiger partial charge on any atom is 0.328 e. The van der Waals surface area contributed by atoms with Gasteiger partial charge in [-0.3, -0.25) is 4.79 Å². The number of carbonyl (C=O) groups excluding carboxylic acids is 2. The molecule has 104 valence electrons. The van der Waals surface area contributed by atoms with Crippen molar-refractivity contribution in [2.24, 2.45) is 0 Å². The Morgan fingerprint density at radius 1 is 1.50 bits per heavy atom. The van der Waals surface area contributed by atoms with E-state index >= 15 is 0 Å². The number of rotatable bonds is 6. The predicted octanol–water partition coefficient (Wildman–Crippen LogP) is 0.966. The lowest BCUT2D eigenvalue weighted by molar-refractivity contribution is -0.147. The van der Waals surface area contributed by atoms with Crippen LogP contribution in [0.5, 0.6) is 0 Å². The molecule has 2 atom stereocenters. The number of thioether (sulfide) groups is 1. The van der Waals surface area contributed by atoms with Gasteiger partial charge in [-0.15, -0.1) is 0 Å². The highest BCUT2D eigenvalue weighted by Crippen LogP contribution is 2.13. The van der Waals surface area contributed by atoms with Gasteiger partial charge in [0.25, 0.3) is 0 Å². The molecule has 0 saturated carbocycles. The number of nitrogens with one attached hydrogen (secondary N) is 1. The highest BCUT2D eigenvalue weighted by atomic mass is 32.2. The van der Waals surface area contributed by atoms with Gasteiger partial charge in [0, 0.05) is 6.61 Å². The molecule has 0 radical (unpaired) electrons. The molecule has 6 heteroatoms. The second-order valence-corrected chi connectivity index (χ2v) is 5.21. The van der Waals surface area contributed by atoms with Crippen molar-refractivity contribution in [3.8, 4) is 0 Å². The smallest absolute Gasteiger partial charge is 0.328 e. The molecule has 0 aromatic carbocycles. The van der Waals surface area contributed by atoms with E-state index in [0.717, 1.165) is 25.0 Å². The summed E-state index contributed by atoms with van der Waals surface area (Å²) >= 11 is 1.63. The standard InChI is InChI=1S/C12H21NO4S/c1-16-12(15)9(6-8-18-2)13-11(14)10-5-3-4-7-17-10/h9-10H,3-8H2,1-2H3,(H,13,14)/t9?,10-/m0/s1. The van der Waals surface area contributed by atoms with Crippen molar-refractivity contribution >= 4 is 23.6 Å². The maximum atomic E-state index is 11.9. The average molecular weight is 275 g/mol. The Morgan fingerprint density at radius 2 is 2.28 bits per heavy atom. The number of hydrogen-bond acceptors (Lipinski definition) is 5. The van der Waals surface area contributed by atoms with Crippen LogP contribution in [0.4, 0.5) is 0 Å². The van der Waals surface area contributed by atoms with E-state index in [9.17, 15) is 9.59 Å². The Bertz CT molecular complexity index is 279. The molecular weight excluding hydrogens is 254 g/mol. The molecule has 1 saturated heterocycles. The summed E-state index contributed by atoms with van der Waals surface area (Å²) < 4.78 is 10.1. The first-order valence-corrected chi connectivity index (χ1v) is 7.57. The fourth-order valence-electron chi connectivity index (χ4n) is 1.84. The second kappa shape index (κ2) is 8.37. The Kier molecular flexibility index (Phi) is 7.12. The molecule has 0 spiro atoms. The van der Waals surface area contributed by atoms with Crippen molar-refractivity contribution in [1.82, 2.24) is 5.32 Å². The van der Waals surface area contributed by atoms with Gasteiger partial charge < -0.3 is 14.8 Å². The zero-order chi connectivity index (χ0) is 13.4. The van der Waals surface area contributed by atoms with Crippen molar-refractivity contribution in [1.29, 1.82) is 0 Å². The molecule has 0 aromatic rings. The molecule has 1 unspecified atom stereocenters. The number of ether oxygens (including phenoxy) is 2. The van der Waals surface area contributed by atoms with Crippen molar-refractivity contribution in [2.75, 3.05) is 25.7 Å². The molecule has 1 rings (SSSR count). The third-order valence-electron chi connectivity index (χ3n) is 2.88. The van der Waals surface area contributed by atoms with E-state index in [0.29, 0.717) is 13.0 Å². The number of amides is 1. The van der Waals surface area contributed by atoms with Crippen molar-refractivity contribution < 1.29 is 19.1 Å². The zero-order valence-electron chi connectivity index (χ0n) is 10.9. The predicted molar refractivity (Wildman–Crippen MR) is 70.5 cm³/mol. The number of hydrogen-bond donors (Lipinski definition) is 1. The molecule has 1 fully saturated rings. The topological polar surface area (TPSA) is 64.6 Å². The second-order valence-electron chi connectivity index (χ2n) is 4.22. The van der Waals surface area contributed by atoms with Crippen LogP contribution in [0.2, 0.25) is 0 Å². The molecular formula is C12H21NO4S. The van der Waals surface area contributed by atoms with Crippen LogP contribution in [0.3, 0.4) is 0 Å². The van der Waals surface area contributed by atoms with Crippen LogP contribution in [-0.4, -0.2) is 49.7 Å². The Labute approximate surface area is 112 Å². The summed E-state index contributed by atoms with van der Waals surface area (Å²) in [7, 11) is 1.33. The Morgan fingerprint density at radius 3 is 2.83 bits per heavy atom. The minimum Gasteiger partial charge on any atom is -0.467 e. The molecule has 0 bridgehead atoms. The van der Waals surface area contributed by atoms with Crippen LogP contribution in [-0.2, 0) is 19.1 Å². The Hall–Kier alpha value is -0.750. The van der Waals surface area contributed by atoms with Crippen LogP contribution < -0.4 is 5.32 Å². The summed E-state index contributed by atoms with van der Waals surface area (Å²) in [6.45, 7) is 0.617. The van der Waals surface area contributed by atoms with Crippen molar-refractivity contribution in [3.05, 3.63) is 0 Å². The lowest BCUT2D eigenvalue weighted by Crippen LogP contribution is -2.47. The van der Waals surface area contributed by atoms with Crippen molar-refractivity contribution in [2.45, 2.75) is 37.8 Å². The first kappa shape index (κ1) is 15.3. The van der Waals surface area contributed by atoms with Gasteiger partial charge in [0.1, 0.15) is 12.1 Å². The fraction of sp³-hybridized carbons (Fsp3) is 0.833. The quantitative estimate of drug-likeness (QED) is 0.732. The fourth-order valence-corrected chi connectivity index (χ4v) is 2.31. The monoisotopic (exact) mass is 275 g/mol. The summed E-state index contributed by atoms with van der Waals surface area (Å²) in [5.41, 5.74) is 0. The van der Waals surface area contributed by atoms with Gasteiger partial charge in [-0.25, -0.2) is 4.79 Å². The van der Waals surface area contributed by atoms with Crippen molar-refractivity contribution in [3.63, 3.8) is 0 Å². The van der Waals surface area contributed by atoms with Gasteiger partial charge in [0.15, 0.2) is 0 Å². The van der Waals surface area contributed by atoms with Crippen LogP contribution >= 0.6 is 11.8 Å². The molecule has 18 heavy (non-hydrogen) atoms. The normalized spacial score (nSPS) is 21.1. The molecule has 0 aromatic heterocycles. The number of carbonyl (C=O) groups is 2. The molecule has 1 aliphatic heterocycles. The lowest BCUT2D eigenvalue weighted by atomic mass is 10.1. The molecule has 1 amide bonds. The van der Waals surface area contributed by atoms with Gasteiger partial charge in [0.2, 0.25) is 5.91 Å². The number of methoxy groups -OCH3 is 1. The van der Waals surface area contributed by atoms with E-state index in [1.807, 2.05) is 6.26 Å². The summed E-state index contributed by atoms with van der Waals surface area (Å²) in [5.74, 6) is 0.199. The van der Waals surface area contributed by atoms with Gasteiger partial charge in [-0.1, -0.05) is 0 Å². The third kappa shape index (κ3) is 4.86. The average Bonchev–Trinajstić information content (AvgIpc) is 2.43. The summed E-state index contributed by atoms with van der Waals surface area (Å²) in [6, 6.07) is -0.569. The highest BCUT2D eigenvalue weighted by molar-refractivity contribution is 7.98. The minimum atomic E-state index is -0.569. The zero-order valence-corrected chi connectivity index (χ0v) is 11.8. The third-order valence-corrected chi connectivity index (χ3v) is 3.53. The van der Waals surface area contributed by atoms with Crippen LogP contribution in [0.15, 0.2) is 0 Å². The molecule has 0 aliphatic carbocycles. The maximum absolute atomic E-state index is 11.9. The number of esters is 1. The Balaban J connectivity index is 2.47. The van der Waals surface area contributed by atoms with E-state index in [-0.39, 0.29) is 5.91 Å². The summed E-state index contributed by atoms with van der Waals surface area (Å²) in [5, 5.41) is 2.72. The van der Waals surface area contributed by atoms with E-state index in [1.165, 1.54) is 7.11 Å². The van der Waals surface area contributed by atoms with Crippen LogP contribution in [0, 0.1) is 0 Å². The molecule has 1 heterocycles. The SMILES string of the molecule is COC(=O)C(CCSC)NC(=O)[C@@H]1CCCCO1. The van der Waals surface area contributed by atoms with Gasteiger partial charge in [0.05, 0.1) is 7.11 Å². The van der Waals surface area contributed by atoms with E-state index in [2.05, 4.69) is 5.32 Å². The van der Waals surface area contributed by atoms with E-state index < -0.39 is 18.1 Å².